The summed E-state index contributed by atoms with van der Waals surface area (Å²) in [5, 5.41) is 7.30. The summed E-state index contributed by atoms with van der Waals surface area (Å²) >= 11 is 6.07. The first-order valence-electron chi connectivity index (χ1n) is 8.79. The largest absolute Gasteiger partial charge is 0.488 e. The lowest BCUT2D eigenvalue weighted by molar-refractivity contribution is 0.295. The molecule has 0 aliphatic carbocycles. The number of halogens is 2. The van der Waals surface area contributed by atoms with Crippen LogP contribution in [0.2, 0.25) is 5.02 Å². The lowest BCUT2D eigenvalue weighted by Gasteiger charge is -2.23. The number of para-hydroxylation sites is 1. The molecule has 0 amide bonds. The van der Waals surface area contributed by atoms with E-state index in [9.17, 15) is 4.39 Å². The van der Waals surface area contributed by atoms with Gasteiger partial charge in [0.1, 0.15) is 18.2 Å². The predicted octanol–water partition coefficient (Wildman–Crippen LogP) is 4.15. The Hall–Kier alpha value is -1.62. The maximum Gasteiger partial charge on any atom is 0.131 e. The molecule has 25 heavy (non-hydrogen) atoms. The average Bonchev–Trinajstić information content (AvgIpc) is 2.63. The Balaban J connectivity index is 1.57. The van der Waals surface area contributed by atoms with Gasteiger partial charge in [-0.2, -0.15) is 0 Å². The fraction of sp³-hybridized carbons (Fsp3) is 0.400. The highest BCUT2D eigenvalue weighted by molar-refractivity contribution is 6.31. The van der Waals surface area contributed by atoms with Crippen LogP contribution in [0.1, 0.15) is 24.0 Å². The Labute approximate surface area is 153 Å². The standard InChI is InChI=1S/C20H24ClFN2O/c21-18-5-3-6-19(22)17(18)14-25-20-7-2-1-4-16(20)13-24-12-15-8-10-23-11-9-15/h1-7,15,23-24H,8-14H2. The van der Waals surface area contributed by atoms with Gasteiger partial charge in [-0.3, -0.25) is 0 Å². The summed E-state index contributed by atoms with van der Waals surface area (Å²) in [5.41, 5.74) is 1.46. The van der Waals surface area contributed by atoms with Crippen molar-refractivity contribution < 1.29 is 9.13 Å². The van der Waals surface area contributed by atoms with Crippen LogP contribution in [0.25, 0.3) is 0 Å². The van der Waals surface area contributed by atoms with Gasteiger partial charge < -0.3 is 15.4 Å². The van der Waals surface area contributed by atoms with E-state index >= 15 is 0 Å². The molecule has 5 heteroatoms. The number of piperidine rings is 1. The summed E-state index contributed by atoms with van der Waals surface area (Å²) in [4.78, 5) is 0. The number of ether oxygens (including phenoxy) is 1. The van der Waals surface area contributed by atoms with Gasteiger partial charge in [0.15, 0.2) is 0 Å². The first-order valence-corrected chi connectivity index (χ1v) is 9.17. The quantitative estimate of drug-likeness (QED) is 0.776. The van der Waals surface area contributed by atoms with Crippen LogP contribution >= 0.6 is 11.6 Å². The average molecular weight is 363 g/mol. The molecule has 0 aromatic heterocycles. The Morgan fingerprint density at radius 2 is 1.92 bits per heavy atom. The Morgan fingerprint density at radius 1 is 1.12 bits per heavy atom. The van der Waals surface area contributed by atoms with Gasteiger partial charge in [-0.15, -0.1) is 0 Å². The van der Waals surface area contributed by atoms with Gasteiger partial charge in [0, 0.05) is 17.7 Å². The van der Waals surface area contributed by atoms with Crippen molar-refractivity contribution in [3.63, 3.8) is 0 Å². The van der Waals surface area contributed by atoms with E-state index in [1.165, 1.54) is 18.9 Å². The zero-order valence-electron chi connectivity index (χ0n) is 14.2. The lowest BCUT2D eigenvalue weighted by Crippen LogP contribution is -2.33. The van der Waals surface area contributed by atoms with Crippen molar-refractivity contribution in [2.45, 2.75) is 26.0 Å². The molecule has 0 bridgehead atoms. The summed E-state index contributed by atoms with van der Waals surface area (Å²) in [6.45, 7) is 4.09. The van der Waals surface area contributed by atoms with Crippen LogP contribution in [0.5, 0.6) is 5.75 Å². The van der Waals surface area contributed by atoms with E-state index in [1.807, 2.05) is 24.3 Å². The van der Waals surface area contributed by atoms with Gasteiger partial charge in [0.25, 0.3) is 0 Å². The van der Waals surface area contributed by atoms with Crippen LogP contribution in [0.15, 0.2) is 42.5 Å². The highest BCUT2D eigenvalue weighted by atomic mass is 35.5. The third-order valence-electron chi connectivity index (χ3n) is 4.61. The number of hydrogen-bond donors (Lipinski definition) is 2. The monoisotopic (exact) mass is 362 g/mol. The van der Waals surface area contributed by atoms with Gasteiger partial charge in [-0.25, -0.2) is 4.39 Å². The molecule has 134 valence electrons. The van der Waals surface area contributed by atoms with Crippen molar-refractivity contribution in [1.29, 1.82) is 0 Å². The molecule has 0 radical (unpaired) electrons. The molecule has 0 spiro atoms. The maximum atomic E-state index is 13.9. The molecule has 2 N–H and O–H groups in total. The minimum atomic E-state index is -0.339. The van der Waals surface area contributed by atoms with Gasteiger partial charge in [0.05, 0.1) is 5.02 Å². The first-order chi connectivity index (χ1) is 12.2. The molecule has 0 saturated carbocycles. The molecule has 0 atom stereocenters. The fourth-order valence-electron chi connectivity index (χ4n) is 3.11. The predicted molar refractivity (Wildman–Crippen MR) is 99.5 cm³/mol. The molecule has 1 saturated heterocycles. The van der Waals surface area contributed by atoms with E-state index in [-0.39, 0.29) is 12.4 Å². The van der Waals surface area contributed by atoms with E-state index in [1.54, 1.807) is 12.1 Å². The van der Waals surface area contributed by atoms with Crippen molar-refractivity contribution in [3.05, 3.63) is 64.4 Å². The van der Waals surface area contributed by atoms with Crippen molar-refractivity contribution in [1.82, 2.24) is 10.6 Å². The lowest BCUT2D eigenvalue weighted by atomic mass is 9.98. The van der Waals surface area contributed by atoms with Crippen LogP contribution in [0.4, 0.5) is 4.39 Å². The van der Waals surface area contributed by atoms with Crippen LogP contribution in [0.3, 0.4) is 0 Å². The third-order valence-corrected chi connectivity index (χ3v) is 4.97. The summed E-state index contributed by atoms with van der Waals surface area (Å²) in [5.74, 6) is 1.15. The summed E-state index contributed by atoms with van der Waals surface area (Å²) < 4.78 is 19.7. The van der Waals surface area contributed by atoms with Crippen LogP contribution in [0, 0.1) is 11.7 Å². The van der Waals surface area contributed by atoms with Gasteiger partial charge >= 0.3 is 0 Å². The van der Waals surface area contributed by atoms with Crippen LogP contribution in [-0.2, 0) is 13.2 Å². The Morgan fingerprint density at radius 3 is 2.72 bits per heavy atom. The zero-order valence-corrected chi connectivity index (χ0v) is 15.0. The third kappa shape index (κ3) is 5.18. The summed E-state index contributed by atoms with van der Waals surface area (Å²) in [6, 6.07) is 12.5. The number of benzene rings is 2. The van der Waals surface area contributed by atoms with E-state index in [0.717, 1.165) is 43.4 Å². The molecular weight excluding hydrogens is 339 g/mol. The van der Waals surface area contributed by atoms with Gasteiger partial charge in [0.2, 0.25) is 0 Å². The second-order valence-electron chi connectivity index (χ2n) is 6.42. The molecule has 1 aliphatic rings. The van der Waals surface area contributed by atoms with Crippen molar-refractivity contribution >= 4 is 11.6 Å². The van der Waals surface area contributed by atoms with Gasteiger partial charge in [-0.05, 0) is 56.6 Å². The van der Waals surface area contributed by atoms with Gasteiger partial charge in [-0.1, -0.05) is 35.9 Å². The second kappa shape index (κ2) is 9.18. The van der Waals surface area contributed by atoms with Crippen molar-refractivity contribution in [3.8, 4) is 5.75 Å². The molecule has 1 heterocycles. The Kier molecular flexibility index (Phi) is 6.68. The second-order valence-corrected chi connectivity index (χ2v) is 6.83. The minimum absolute atomic E-state index is 0.122. The molecule has 2 aromatic rings. The maximum absolute atomic E-state index is 13.9. The van der Waals surface area contributed by atoms with Crippen LogP contribution < -0.4 is 15.4 Å². The smallest absolute Gasteiger partial charge is 0.131 e. The topological polar surface area (TPSA) is 33.3 Å². The molecule has 1 aliphatic heterocycles. The van der Waals surface area contributed by atoms with E-state index in [0.29, 0.717) is 10.6 Å². The van der Waals surface area contributed by atoms with E-state index < -0.39 is 0 Å². The van der Waals surface area contributed by atoms with E-state index in [4.69, 9.17) is 16.3 Å². The molecule has 2 aromatic carbocycles. The van der Waals surface area contributed by atoms with Crippen molar-refractivity contribution in [2.75, 3.05) is 19.6 Å². The molecular formula is C20H24ClFN2O. The first kappa shape index (κ1) is 18.2. The SMILES string of the molecule is Fc1cccc(Cl)c1COc1ccccc1CNCC1CCNCC1. The molecule has 3 nitrogen and oxygen atoms in total. The highest BCUT2D eigenvalue weighted by Gasteiger charge is 2.13. The van der Waals surface area contributed by atoms with Crippen molar-refractivity contribution in [2.24, 2.45) is 5.92 Å². The fourth-order valence-corrected chi connectivity index (χ4v) is 3.33. The number of rotatable bonds is 7. The zero-order chi connectivity index (χ0) is 17.5. The minimum Gasteiger partial charge on any atom is -0.488 e. The number of hydrogen-bond acceptors (Lipinski definition) is 3. The number of nitrogens with one attached hydrogen (secondary N) is 2. The summed E-state index contributed by atoms with van der Waals surface area (Å²) in [6.07, 6.45) is 2.44. The molecule has 3 rings (SSSR count). The van der Waals surface area contributed by atoms with E-state index in [2.05, 4.69) is 10.6 Å². The van der Waals surface area contributed by atoms with Crippen LogP contribution in [-0.4, -0.2) is 19.6 Å². The Bertz CT molecular complexity index is 669. The molecule has 0 unspecified atom stereocenters. The normalized spacial score (nSPS) is 15.3. The molecule has 1 fully saturated rings. The highest BCUT2D eigenvalue weighted by Crippen LogP contribution is 2.24. The summed E-state index contributed by atoms with van der Waals surface area (Å²) in [7, 11) is 0.